The highest BCUT2D eigenvalue weighted by molar-refractivity contribution is 5.93. The van der Waals surface area contributed by atoms with Crippen LogP contribution >= 0.6 is 0 Å². The predicted molar refractivity (Wildman–Crippen MR) is 155 cm³/mol. The first-order chi connectivity index (χ1) is 20.7. The van der Waals surface area contributed by atoms with Crippen molar-refractivity contribution in [2.24, 2.45) is 0 Å². The number of fused-ring (bicyclic) bond motifs is 1. The van der Waals surface area contributed by atoms with Gasteiger partial charge < -0.3 is 14.4 Å². The van der Waals surface area contributed by atoms with Gasteiger partial charge in [0, 0.05) is 12.1 Å². The third kappa shape index (κ3) is 5.84. The molecule has 0 amide bonds. The summed E-state index contributed by atoms with van der Waals surface area (Å²) < 4.78 is 62.7. The van der Waals surface area contributed by atoms with E-state index >= 15 is 4.39 Å². The highest BCUT2D eigenvalue weighted by Crippen LogP contribution is 2.38. The van der Waals surface area contributed by atoms with Crippen LogP contribution in [0.1, 0.15) is 59.6 Å². The number of aromatic carboxylic acids is 1. The van der Waals surface area contributed by atoms with Crippen LogP contribution in [0.15, 0.2) is 84.9 Å². The molecule has 4 aromatic carbocycles. The van der Waals surface area contributed by atoms with Gasteiger partial charge in [0.2, 0.25) is 0 Å². The van der Waals surface area contributed by atoms with E-state index < -0.39 is 23.5 Å². The Hall–Kier alpha value is -4.66. The summed E-state index contributed by atoms with van der Waals surface area (Å²) in [5.74, 6) is -0.847. The zero-order valence-corrected chi connectivity index (χ0v) is 23.1. The Balaban J connectivity index is 1.28. The zero-order chi connectivity index (χ0) is 30.1. The summed E-state index contributed by atoms with van der Waals surface area (Å²) in [6, 6.07) is 21.7. The van der Waals surface area contributed by atoms with Gasteiger partial charge >= 0.3 is 12.1 Å². The first-order valence-corrected chi connectivity index (χ1v) is 14.1. The second-order valence-corrected chi connectivity index (χ2v) is 10.8. The van der Waals surface area contributed by atoms with Crippen molar-refractivity contribution in [1.29, 1.82) is 0 Å². The molecule has 0 unspecified atom stereocenters. The van der Waals surface area contributed by atoms with Gasteiger partial charge in [-0.2, -0.15) is 13.2 Å². The molecule has 1 aliphatic carbocycles. The minimum absolute atomic E-state index is 0.0779. The summed E-state index contributed by atoms with van der Waals surface area (Å²) in [4.78, 5) is 16.3. The van der Waals surface area contributed by atoms with E-state index in [4.69, 9.17) is 9.72 Å². The monoisotopic (exact) mass is 588 g/mol. The normalized spacial score (nSPS) is 14.2. The Morgan fingerprint density at radius 3 is 2.35 bits per heavy atom. The van der Waals surface area contributed by atoms with Gasteiger partial charge in [-0.1, -0.05) is 55.7 Å². The smallest absolute Gasteiger partial charge is 0.416 e. The molecular formula is C34H28F4N2O3. The van der Waals surface area contributed by atoms with Crippen LogP contribution in [0.3, 0.4) is 0 Å². The number of aromatic nitrogens is 2. The molecule has 1 saturated carbocycles. The van der Waals surface area contributed by atoms with Gasteiger partial charge in [-0.05, 0) is 72.0 Å². The number of alkyl halides is 3. The molecule has 5 aromatic rings. The Morgan fingerprint density at radius 2 is 1.65 bits per heavy atom. The third-order valence-electron chi connectivity index (χ3n) is 7.99. The van der Waals surface area contributed by atoms with Crippen LogP contribution in [-0.4, -0.2) is 20.6 Å². The molecule has 9 heteroatoms. The fraction of sp³-hybridized carbons (Fsp3) is 0.235. The summed E-state index contributed by atoms with van der Waals surface area (Å²) in [7, 11) is 0. The summed E-state index contributed by atoms with van der Waals surface area (Å²) in [6.45, 7) is 0.0779. The number of carbonyl (C=O) groups is 1. The average Bonchev–Trinajstić information content (AvgIpc) is 3.39. The van der Waals surface area contributed by atoms with Gasteiger partial charge in [-0.25, -0.2) is 14.2 Å². The minimum Gasteiger partial charge on any atom is -0.489 e. The van der Waals surface area contributed by atoms with E-state index in [1.54, 1.807) is 36.4 Å². The van der Waals surface area contributed by atoms with Crippen molar-refractivity contribution in [1.82, 2.24) is 9.55 Å². The lowest BCUT2D eigenvalue weighted by atomic mass is 9.94. The molecule has 1 aromatic heterocycles. The molecule has 1 aliphatic rings. The number of benzene rings is 4. The number of carboxylic acid groups (broad SMARTS) is 1. The summed E-state index contributed by atoms with van der Waals surface area (Å²) in [6.07, 6.45) is 0.699. The Labute approximate surface area is 245 Å². The predicted octanol–water partition coefficient (Wildman–Crippen LogP) is 9.31. The summed E-state index contributed by atoms with van der Waals surface area (Å²) in [5, 5.41) is 9.47. The number of ether oxygens (including phenoxy) is 1. The fourth-order valence-electron chi connectivity index (χ4n) is 5.83. The highest BCUT2D eigenvalue weighted by Gasteiger charge is 2.30. The molecule has 0 spiro atoms. The SMILES string of the molecule is O=C(O)c1ccc2c(c1)nc(-c1ccc(OCc3ccccc3-c3ccc(C(F)(F)F)cc3)cc1F)n2C1CCCCC1. The molecule has 6 rings (SSSR count). The Kier molecular flexibility index (Phi) is 7.64. The second kappa shape index (κ2) is 11.6. The van der Waals surface area contributed by atoms with Crippen LogP contribution in [-0.2, 0) is 12.8 Å². The lowest BCUT2D eigenvalue weighted by Crippen LogP contribution is -2.14. The molecular weight excluding hydrogens is 560 g/mol. The number of hydrogen-bond acceptors (Lipinski definition) is 3. The summed E-state index contributed by atoms with van der Waals surface area (Å²) >= 11 is 0. The molecule has 0 aliphatic heterocycles. The van der Waals surface area contributed by atoms with E-state index in [0.29, 0.717) is 16.9 Å². The maximum Gasteiger partial charge on any atom is 0.416 e. The minimum atomic E-state index is -4.42. The topological polar surface area (TPSA) is 64.3 Å². The first kappa shape index (κ1) is 28.5. The van der Waals surface area contributed by atoms with Gasteiger partial charge in [0.1, 0.15) is 24.0 Å². The van der Waals surface area contributed by atoms with Crippen molar-refractivity contribution in [2.45, 2.75) is 50.9 Å². The Bertz CT molecular complexity index is 1790. The van der Waals surface area contributed by atoms with Crippen LogP contribution in [0.2, 0.25) is 0 Å². The average molecular weight is 589 g/mol. The molecule has 1 heterocycles. The van der Waals surface area contributed by atoms with Crippen LogP contribution in [0.5, 0.6) is 5.75 Å². The van der Waals surface area contributed by atoms with Crippen molar-refractivity contribution in [2.75, 3.05) is 0 Å². The number of imidazole rings is 1. The molecule has 220 valence electrons. The fourth-order valence-corrected chi connectivity index (χ4v) is 5.83. The van der Waals surface area contributed by atoms with E-state index in [0.717, 1.165) is 60.9 Å². The molecule has 1 N–H and O–H groups in total. The van der Waals surface area contributed by atoms with Crippen molar-refractivity contribution in [3.05, 3.63) is 107 Å². The van der Waals surface area contributed by atoms with Gasteiger partial charge in [-0.3, -0.25) is 0 Å². The van der Waals surface area contributed by atoms with Crippen molar-refractivity contribution < 1.29 is 32.2 Å². The lowest BCUT2D eigenvalue weighted by Gasteiger charge is -2.25. The molecule has 0 bridgehead atoms. The van der Waals surface area contributed by atoms with Crippen LogP contribution in [0, 0.1) is 5.82 Å². The van der Waals surface area contributed by atoms with Gasteiger partial charge in [-0.15, -0.1) is 0 Å². The number of rotatable bonds is 7. The number of halogens is 4. The molecule has 0 radical (unpaired) electrons. The van der Waals surface area contributed by atoms with Gasteiger partial charge in [0.05, 0.1) is 27.7 Å². The second-order valence-electron chi connectivity index (χ2n) is 10.8. The van der Waals surface area contributed by atoms with E-state index in [2.05, 4.69) is 0 Å². The maximum absolute atomic E-state index is 15.7. The van der Waals surface area contributed by atoms with Gasteiger partial charge in [0.15, 0.2) is 0 Å². The number of carboxylic acids is 1. The first-order valence-electron chi connectivity index (χ1n) is 14.1. The van der Waals surface area contributed by atoms with E-state index in [9.17, 15) is 23.1 Å². The van der Waals surface area contributed by atoms with Crippen molar-refractivity contribution in [3.63, 3.8) is 0 Å². The van der Waals surface area contributed by atoms with E-state index in [1.165, 1.54) is 24.3 Å². The molecule has 43 heavy (non-hydrogen) atoms. The maximum atomic E-state index is 15.7. The quantitative estimate of drug-likeness (QED) is 0.193. The van der Waals surface area contributed by atoms with E-state index in [-0.39, 0.29) is 29.5 Å². The lowest BCUT2D eigenvalue weighted by molar-refractivity contribution is -0.137. The standard InChI is InChI=1S/C34H28F4N2O3/c35-29-19-26(43-20-23-6-4-5-9-27(23)21-10-13-24(14-11-21)34(36,37)38)15-16-28(29)32-39-30-18-22(33(41)42)12-17-31(30)40(32)25-7-2-1-3-8-25/h4-6,9-19,25H,1-3,7-8,20H2,(H,41,42). The van der Waals surface area contributed by atoms with Crippen LogP contribution in [0.4, 0.5) is 17.6 Å². The zero-order valence-electron chi connectivity index (χ0n) is 23.1. The number of hydrogen-bond donors (Lipinski definition) is 1. The van der Waals surface area contributed by atoms with Gasteiger partial charge in [0.25, 0.3) is 0 Å². The van der Waals surface area contributed by atoms with E-state index in [1.807, 2.05) is 16.7 Å². The van der Waals surface area contributed by atoms with Crippen LogP contribution in [0.25, 0.3) is 33.5 Å². The molecule has 0 atom stereocenters. The third-order valence-corrected chi connectivity index (χ3v) is 7.99. The molecule has 1 fully saturated rings. The highest BCUT2D eigenvalue weighted by atomic mass is 19.4. The molecule has 0 saturated heterocycles. The number of nitrogens with zero attached hydrogens (tertiary/aromatic N) is 2. The Morgan fingerprint density at radius 1 is 0.907 bits per heavy atom. The van der Waals surface area contributed by atoms with Crippen molar-refractivity contribution >= 4 is 17.0 Å². The largest absolute Gasteiger partial charge is 0.489 e. The summed E-state index contributed by atoms with van der Waals surface area (Å²) in [5.41, 5.74) is 3.02. The van der Waals surface area contributed by atoms with Crippen LogP contribution < -0.4 is 4.74 Å². The molecule has 5 nitrogen and oxygen atoms in total. The van der Waals surface area contributed by atoms with Crippen molar-refractivity contribution in [3.8, 4) is 28.3 Å².